The summed E-state index contributed by atoms with van der Waals surface area (Å²) >= 11 is 0. The summed E-state index contributed by atoms with van der Waals surface area (Å²) < 4.78 is 11.0. The highest BCUT2D eigenvalue weighted by atomic mass is 16.5. The van der Waals surface area contributed by atoms with Gasteiger partial charge in [-0.25, -0.2) is 4.98 Å². The van der Waals surface area contributed by atoms with Gasteiger partial charge in [0, 0.05) is 36.8 Å². The van der Waals surface area contributed by atoms with Crippen molar-refractivity contribution in [2.24, 2.45) is 4.99 Å². The summed E-state index contributed by atoms with van der Waals surface area (Å²) in [5, 5.41) is 7.69. The molecule has 2 heterocycles. The van der Waals surface area contributed by atoms with Gasteiger partial charge >= 0.3 is 0 Å². The van der Waals surface area contributed by atoms with Crippen LogP contribution in [0.2, 0.25) is 0 Å². The second-order valence-corrected chi connectivity index (χ2v) is 5.63. The normalized spacial score (nSPS) is 11.6. The van der Waals surface area contributed by atoms with Crippen LogP contribution in [-0.4, -0.2) is 25.1 Å². The number of ether oxygens (including phenoxy) is 1. The van der Waals surface area contributed by atoms with Crippen LogP contribution in [0.3, 0.4) is 0 Å². The van der Waals surface area contributed by atoms with Crippen LogP contribution in [0.1, 0.15) is 16.9 Å². The summed E-state index contributed by atoms with van der Waals surface area (Å²) in [7, 11) is 3.35. The molecule has 3 rings (SSSR count). The predicted molar refractivity (Wildman–Crippen MR) is 98.8 cm³/mol. The maximum atomic E-state index is 5.91. The molecule has 0 aliphatic carbocycles. The third-order valence-corrected chi connectivity index (χ3v) is 4.05. The van der Waals surface area contributed by atoms with Crippen LogP contribution >= 0.6 is 0 Å². The van der Waals surface area contributed by atoms with E-state index in [2.05, 4.69) is 33.6 Å². The zero-order valence-electron chi connectivity index (χ0n) is 14.7. The Hall–Kier alpha value is -3.02. The van der Waals surface area contributed by atoms with Crippen LogP contribution in [0, 0.1) is 6.92 Å². The third kappa shape index (κ3) is 3.91. The van der Waals surface area contributed by atoms with E-state index in [1.165, 1.54) is 0 Å². The van der Waals surface area contributed by atoms with E-state index in [9.17, 15) is 0 Å². The van der Waals surface area contributed by atoms with E-state index in [1.807, 2.05) is 30.3 Å². The number of nitrogens with zero attached hydrogens (tertiary/aromatic N) is 2. The Labute approximate surface area is 146 Å². The van der Waals surface area contributed by atoms with Crippen molar-refractivity contribution in [1.82, 2.24) is 15.6 Å². The van der Waals surface area contributed by atoms with Gasteiger partial charge in [0.15, 0.2) is 5.96 Å². The Morgan fingerprint density at radius 2 is 1.96 bits per heavy atom. The number of guanidine groups is 1. The zero-order valence-corrected chi connectivity index (χ0v) is 14.7. The second-order valence-electron chi connectivity index (χ2n) is 5.63. The smallest absolute Gasteiger partial charge is 0.212 e. The number of aryl methyl sites for hydroxylation is 1. The third-order valence-electron chi connectivity index (χ3n) is 4.05. The molecule has 1 aromatic carbocycles. The van der Waals surface area contributed by atoms with Crippen LogP contribution < -0.4 is 15.4 Å². The molecule has 0 fully saturated rings. The predicted octanol–water partition coefficient (Wildman–Crippen LogP) is 3.01. The Morgan fingerprint density at radius 1 is 1.16 bits per heavy atom. The summed E-state index contributed by atoms with van der Waals surface area (Å²) in [4.78, 5) is 8.44. The molecule has 2 N–H and O–H groups in total. The molecule has 0 saturated carbocycles. The molecule has 0 radical (unpaired) electrons. The standard InChI is InChI=1S/C19H22N4O2/c1-13-15-6-4-5-7-16(15)25-17(13)12-23-19(20-2)22-11-14-8-9-18(24-3)21-10-14/h4-10H,11-12H2,1-3H3,(H2,20,22,23). The van der Waals surface area contributed by atoms with Gasteiger partial charge in [-0.15, -0.1) is 0 Å². The fraction of sp³-hybridized carbons (Fsp3) is 0.263. The Kier molecular flexibility index (Phi) is 5.18. The minimum atomic E-state index is 0.570. The van der Waals surface area contributed by atoms with Gasteiger partial charge in [0.05, 0.1) is 13.7 Å². The molecule has 130 valence electrons. The number of para-hydroxylation sites is 1. The number of furan rings is 1. The number of methoxy groups -OCH3 is 1. The fourth-order valence-corrected chi connectivity index (χ4v) is 2.60. The van der Waals surface area contributed by atoms with E-state index in [0.717, 1.165) is 27.9 Å². The molecule has 6 heteroatoms. The van der Waals surface area contributed by atoms with Crippen molar-refractivity contribution in [2.75, 3.05) is 14.2 Å². The zero-order chi connectivity index (χ0) is 17.6. The van der Waals surface area contributed by atoms with Crippen molar-refractivity contribution in [3.63, 3.8) is 0 Å². The Balaban J connectivity index is 1.59. The lowest BCUT2D eigenvalue weighted by Gasteiger charge is -2.11. The van der Waals surface area contributed by atoms with Gasteiger partial charge in [0.2, 0.25) is 5.88 Å². The lowest BCUT2D eigenvalue weighted by atomic mass is 10.1. The molecule has 0 aliphatic heterocycles. The molecular weight excluding hydrogens is 316 g/mol. The molecule has 25 heavy (non-hydrogen) atoms. The summed E-state index contributed by atoms with van der Waals surface area (Å²) in [6, 6.07) is 11.9. The largest absolute Gasteiger partial charge is 0.481 e. The SMILES string of the molecule is CN=C(NCc1ccc(OC)nc1)NCc1oc2ccccc2c1C. The van der Waals surface area contributed by atoms with Gasteiger partial charge in [-0.05, 0) is 18.6 Å². The number of aromatic nitrogens is 1. The van der Waals surface area contributed by atoms with Crippen molar-refractivity contribution in [3.8, 4) is 5.88 Å². The minimum absolute atomic E-state index is 0.570. The number of nitrogens with one attached hydrogen (secondary N) is 2. The van der Waals surface area contributed by atoms with Gasteiger partial charge in [-0.3, -0.25) is 4.99 Å². The molecular formula is C19H22N4O2. The Morgan fingerprint density at radius 3 is 2.64 bits per heavy atom. The molecule has 0 amide bonds. The molecule has 0 aliphatic rings. The van der Waals surface area contributed by atoms with Crippen LogP contribution in [0.5, 0.6) is 5.88 Å². The fourth-order valence-electron chi connectivity index (χ4n) is 2.60. The summed E-state index contributed by atoms with van der Waals surface area (Å²) in [5.41, 5.74) is 3.10. The average Bonchev–Trinajstić information content (AvgIpc) is 2.98. The van der Waals surface area contributed by atoms with Gasteiger partial charge in [0.25, 0.3) is 0 Å². The van der Waals surface area contributed by atoms with E-state index in [0.29, 0.717) is 24.9 Å². The first kappa shape index (κ1) is 16.8. The minimum Gasteiger partial charge on any atom is -0.481 e. The van der Waals surface area contributed by atoms with E-state index in [4.69, 9.17) is 9.15 Å². The highest BCUT2D eigenvalue weighted by Gasteiger charge is 2.10. The number of hydrogen-bond acceptors (Lipinski definition) is 4. The van der Waals surface area contributed by atoms with E-state index in [1.54, 1.807) is 20.4 Å². The quantitative estimate of drug-likeness (QED) is 0.553. The number of fused-ring (bicyclic) bond motifs is 1. The summed E-state index contributed by atoms with van der Waals surface area (Å²) in [5.74, 6) is 2.22. The first-order valence-corrected chi connectivity index (χ1v) is 8.11. The molecule has 0 spiro atoms. The lowest BCUT2D eigenvalue weighted by Crippen LogP contribution is -2.36. The highest BCUT2D eigenvalue weighted by molar-refractivity contribution is 5.82. The van der Waals surface area contributed by atoms with Crippen molar-refractivity contribution >= 4 is 16.9 Å². The molecule has 0 atom stereocenters. The van der Waals surface area contributed by atoms with Crippen molar-refractivity contribution in [2.45, 2.75) is 20.0 Å². The Bertz CT molecular complexity index is 869. The van der Waals surface area contributed by atoms with Gasteiger partial charge in [0.1, 0.15) is 11.3 Å². The van der Waals surface area contributed by atoms with Crippen molar-refractivity contribution in [3.05, 3.63) is 59.5 Å². The number of rotatable bonds is 5. The number of pyridine rings is 1. The van der Waals surface area contributed by atoms with Gasteiger partial charge in [-0.2, -0.15) is 0 Å². The van der Waals surface area contributed by atoms with Crippen molar-refractivity contribution in [1.29, 1.82) is 0 Å². The van der Waals surface area contributed by atoms with Crippen LogP contribution in [0.25, 0.3) is 11.0 Å². The molecule has 0 unspecified atom stereocenters. The number of aliphatic imine (C=N–C) groups is 1. The first-order valence-electron chi connectivity index (χ1n) is 8.11. The maximum Gasteiger partial charge on any atom is 0.212 e. The van der Waals surface area contributed by atoms with E-state index >= 15 is 0 Å². The lowest BCUT2D eigenvalue weighted by molar-refractivity contribution is 0.397. The van der Waals surface area contributed by atoms with Crippen molar-refractivity contribution < 1.29 is 9.15 Å². The first-order chi connectivity index (χ1) is 12.2. The molecule has 2 aromatic heterocycles. The van der Waals surface area contributed by atoms with Crippen LogP contribution in [0.4, 0.5) is 0 Å². The summed E-state index contributed by atoms with van der Waals surface area (Å²) in [6.07, 6.45) is 1.78. The molecule has 0 bridgehead atoms. The number of hydrogen-bond donors (Lipinski definition) is 2. The summed E-state index contributed by atoms with van der Waals surface area (Å²) in [6.45, 7) is 3.26. The average molecular weight is 338 g/mol. The second kappa shape index (κ2) is 7.70. The molecule has 6 nitrogen and oxygen atoms in total. The molecule has 0 saturated heterocycles. The van der Waals surface area contributed by atoms with Gasteiger partial charge < -0.3 is 19.8 Å². The van der Waals surface area contributed by atoms with E-state index in [-0.39, 0.29) is 0 Å². The van der Waals surface area contributed by atoms with E-state index < -0.39 is 0 Å². The molecule has 3 aromatic rings. The monoisotopic (exact) mass is 338 g/mol. The number of benzene rings is 1. The van der Waals surface area contributed by atoms with Crippen LogP contribution in [0.15, 0.2) is 52.0 Å². The maximum absolute atomic E-state index is 5.91. The topological polar surface area (TPSA) is 71.7 Å². The van der Waals surface area contributed by atoms with Crippen LogP contribution in [-0.2, 0) is 13.1 Å². The highest BCUT2D eigenvalue weighted by Crippen LogP contribution is 2.24. The van der Waals surface area contributed by atoms with Gasteiger partial charge in [-0.1, -0.05) is 24.3 Å².